The molecular weight excluding hydrogens is 370 g/mol. The van der Waals surface area contributed by atoms with Gasteiger partial charge in [-0.3, -0.25) is 0 Å². The lowest BCUT2D eigenvalue weighted by Crippen LogP contribution is -2.07. The Morgan fingerprint density at radius 1 is 1.16 bits per heavy atom. The van der Waals surface area contributed by atoms with E-state index in [9.17, 15) is 14.3 Å². The van der Waals surface area contributed by atoms with Crippen LogP contribution in [0.15, 0.2) is 42.5 Å². The number of hydrogen-bond acceptors (Lipinski definition) is 3. The van der Waals surface area contributed by atoms with Crippen molar-refractivity contribution in [3.8, 4) is 22.7 Å². The van der Waals surface area contributed by atoms with Gasteiger partial charge in [0.2, 0.25) is 0 Å². The Hall–Kier alpha value is -2.57. The van der Waals surface area contributed by atoms with E-state index in [0.717, 1.165) is 6.07 Å². The molecule has 0 aliphatic heterocycles. The minimum atomic E-state index is -1.18. The lowest BCUT2D eigenvalue weighted by Gasteiger charge is -2.06. The third kappa shape index (κ3) is 3.31. The number of carboxylic acid groups (broad SMARTS) is 1. The summed E-state index contributed by atoms with van der Waals surface area (Å²) in [4.78, 5) is 11.6. The first kappa shape index (κ1) is 17.3. The third-order valence-corrected chi connectivity index (χ3v) is 4.13. The smallest absolute Gasteiger partial charge is 0.354 e. The third-order valence-electron chi connectivity index (χ3n) is 3.53. The molecule has 0 aliphatic carbocycles. The van der Waals surface area contributed by atoms with Gasteiger partial charge in [-0.15, -0.1) is 0 Å². The average molecular weight is 381 g/mol. The molecule has 0 saturated carbocycles. The molecule has 0 radical (unpaired) electrons. The number of aromatic nitrogens is 2. The molecule has 25 heavy (non-hydrogen) atoms. The molecule has 0 unspecified atom stereocenters. The van der Waals surface area contributed by atoms with E-state index in [-0.39, 0.29) is 27.0 Å². The summed E-state index contributed by atoms with van der Waals surface area (Å²) in [6.07, 6.45) is 0. The number of hydrogen-bond donors (Lipinski definition) is 1. The first-order valence-corrected chi connectivity index (χ1v) is 7.79. The number of rotatable bonds is 4. The molecule has 1 N–H and O–H groups in total. The molecule has 128 valence electrons. The molecule has 8 heteroatoms. The van der Waals surface area contributed by atoms with Gasteiger partial charge in [-0.2, -0.15) is 5.10 Å². The van der Waals surface area contributed by atoms with Gasteiger partial charge in [-0.25, -0.2) is 13.9 Å². The van der Waals surface area contributed by atoms with Crippen LogP contribution in [0.1, 0.15) is 10.5 Å². The summed E-state index contributed by atoms with van der Waals surface area (Å²) in [6.45, 7) is 0. The van der Waals surface area contributed by atoms with Crippen LogP contribution < -0.4 is 4.74 Å². The Balaban J connectivity index is 2.15. The second kappa shape index (κ2) is 6.74. The standard InChI is InChI=1S/C17H11Cl2FN2O3/c1-25-10-4-2-9(3-5-10)22-16(17(23)24)8-15(21-22)11-6-14(20)13(19)7-12(11)18/h2-8H,1H3,(H,23,24). The van der Waals surface area contributed by atoms with Gasteiger partial charge in [0.05, 0.1) is 28.5 Å². The number of aromatic carboxylic acids is 1. The maximum atomic E-state index is 13.8. The van der Waals surface area contributed by atoms with Crippen molar-refractivity contribution < 1.29 is 19.0 Å². The first-order valence-electron chi connectivity index (χ1n) is 7.03. The molecule has 0 saturated heterocycles. The highest BCUT2D eigenvalue weighted by molar-refractivity contribution is 6.36. The molecular formula is C17H11Cl2FN2O3. The van der Waals surface area contributed by atoms with Gasteiger partial charge in [0.15, 0.2) is 5.69 Å². The molecule has 0 atom stereocenters. The highest BCUT2D eigenvalue weighted by atomic mass is 35.5. The molecule has 0 bridgehead atoms. The van der Waals surface area contributed by atoms with Crippen LogP contribution in [-0.2, 0) is 0 Å². The molecule has 0 fully saturated rings. The largest absolute Gasteiger partial charge is 0.497 e. The quantitative estimate of drug-likeness (QED) is 0.666. The monoisotopic (exact) mass is 380 g/mol. The first-order chi connectivity index (χ1) is 11.9. The second-order valence-corrected chi connectivity index (χ2v) is 5.89. The van der Waals surface area contributed by atoms with Crippen LogP contribution in [0.5, 0.6) is 5.75 Å². The van der Waals surface area contributed by atoms with Crippen molar-refractivity contribution >= 4 is 29.2 Å². The van der Waals surface area contributed by atoms with Crippen molar-refractivity contribution in [3.05, 3.63) is 64.0 Å². The summed E-state index contributed by atoms with van der Waals surface area (Å²) in [7, 11) is 1.53. The highest BCUT2D eigenvalue weighted by Crippen LogP contribution is 2.32. The number of benzene rings is 2. The zero-order valence-electron chi connectivity index (χ0n) is 12.8. The summed E-state index contributed by atoms with van der Waals surface area (Å²) >= 11 is 11.8. The van der Waals surface area contributed by atoms with Crippen molar-refractivity contribution in [2.45, 2.75) is 0 Å². The van der Waals surface area contributed by atoms with Crippen molar-refractivity contribution in [1.82, 2.24) is 9.78 Å². The maximum absolute atomic E-state index is 13.8. The molecule has 1 aromatic heterocycles. The summed E-state index contributed by atoms with van der Waals surface area (Å²) in [6, 6.07) is 10.4. The Morgan fingerprint density at radius 2 is 1.84 bits per heavy atom. The van der Waals surface area contributed by atoms with Crippen molar-refractivity contribution in [2.75, 3.05) is 7.11 Å². The minimum absolute atomic E-state index is 0.0911. The van der Waals surface area contributed by atoms with Crippen LogP contribution in [0.25, 0.3) is 16.9 Å². The number of nitrogens with zero attached hydrogens (tertiary/aromatic N) is 2. The molecule has 2 aromatic carbocycles. The zero-order chi connectivity index (χ0) is 18.1. The molecule has 3 rings (SSSR count). The lowest BCUT2D eigenvalue weighted by atomic mass is 10.1. The van der Waals surface area contributed by atoms with Crippen LogP contribution in [-0.4, -0.2) is 28.0 Å². The zero-order valence-corrected chi connectivity index (χ0v) is 14.3. The summed E-state index contributed by atoms with van der Waals surface area (Å²) in [5.41, 5.74) is 0.883. The molecule has 1 heterocycles. The Morgan fingerprint density at radius 3 is 2.44 bits per heavy atom. The Bertz CT molecular complexity index is 955. The van der Waals surface area contributed by atoms with Gasteiger partial charge < -0.3 is 9.84 Å². The second-order valence-electron chi connectivity index (χ2n) is 5.08. The van der Waals surface area contributed by atoms with Gasteiger partial charge in [-0.1, -0.05) is 23.2 Å². The van der Waals surface area contributed by atoms with E-state index < -0.39 is 11.8 Å². The van der Waals surface area contributed by atoms with E-state index in [1.807, 2.05) is 0 Å². The fourth-order valence-electron chi connectivity index (χ4n) is 2.30. The van der Waals surface area contributed by atoms with E-state index in [1.165, 1.54) is 23.9 Å². The molecule has 0 amide bonds. The molecule has 3 aromatic rings. The van der Waals surface area contributed by atoms with Crippen molar-refractivity contribution in [1.29, 1.82) is 0 Å². The van der Waals surface area contributed by atoms with Gasteiger partial charge in [0.1, 0.15) is 11.6 Å². The number of halogens is 3. The molecule has 0 aliphatic rings. The lowest BCUT2D eigenvalue weighted by molar-refractivity contribution is 0.0687. The average Bonchev–Trinajstić information content (AvgIpc) is 3.03. The normalized spacial score (nSPS) is 10.7. The highest BCUT2D eigenvalue weighted by Gasteiger charge is 2.19. The van der Waals surface area contributed by atoms with Crippen LogP contribution in [0.3, 0.4) is 0 Å². The van der Waals surface area contributed by atoms with Crippen LogP contribution >= 0.6 is 23.2 Å². The number of ether oxygens (including phenoxy) is 1. The van der Waals surface area contributed by atoms with E-state index >= 15 is 0 Å². The summed E-state index contributed by atoms with van der Waals surface area (Å²) in [5, 5.41) is 13.7. The van der Waals surface area contributed by atoms with E-state index in [1.54, 1.807) is 24.3 Å². The maximum Gasteiger partial charge on any atom is 0.354 e. The van der Waals surface area contributed by atoms with Gasteiger partial charge >= 0.3 is 5.97 Å². The van der Waals surface area contributed by atoms with E-state index in [0.29, 0.717) is 11.4 Å². The van der Waals surface area contributed by atoms with Gasteiger partial charge in [0.25, 0.3) is 0 Å². The van der Waals surface area contributed by atoms with Crippen molar-refractivity contribution in [3.63, 3.8) is 0 Å². The number of carbonyl (C=O) groups is 1. The van der Waals surface area contributed by atoms with E-state index in [4.69, 9.17) is 27.9 Å². The fourth-order valence-corrected chi connectivity index (χ4v) is 2.78. The topological polar surface area (TPSA) is 64.4 Å². The molecule has 5 nitrogen and oxygen atoms in total. The van der Waals surface area contributed by atoms with E-state index in [2.05, 4.69) is 5.10 Å². The Kier molecular flexibility index (Phi) is 4.65. The van der Waals surface area contributed by atoms with Crippen LogP contribution in [0, 0.1) is 5.82 Å². The fraction of sp³-hybridized carbons (Fsp3) is 0.0588. The Labute approximate surface area is 152 Å². The number of carboxylic acids is 1. The van der Waals surface area contributed by atoms with Crippen LogP contribution in [0.4, 0.5) is 4.39 Å². The predicted octanol–water partition coefficient (Wildman–Crippen LogP) is 4.69. The predicted molar refractivity (Wildman–Crippen MR) is 92.5 cm³/mol. The summed E-state index contributed by atoms with van der Waals surface area (Å²) in [5.74, 6) is -1.23. The minimum Gasteiger partial charge on any atom is -0.497 e. The van der Waals surface area contributed by atoms with Gasteiger partial charge in [-0.05, 0) is 42.5 Å². The van der Waals surface area contributed by atoms with Crippen molar-refractivity contribution in [2.24, 2.45) is 0 Å². The number of methoxy groups -OCH3 is 1. The van der Waals surface area contributed by atoms with Crippen LogP contribution in [0.2, 0.25) is 10.0 Å². The SMILES string of the molecule is COc1ccc(-n2nc(-c3cc(F)c(Cl)cc3Cl)cc2C(=O)O)cc1. The molecule has 0 spiro atoms. The summed E-state index contributed by atoms with van der Waals surface area (Å²) < 4.78 is 20.1. The van der Waals surface area contributed by atoms with Gasteiger partial charge in [0, 0.05) is 5.56 Å².